The van der Waals surface area contributed by atoms with E-state index in [0.717, 1.165) is 27.6 Å². The zero-order valence-corrected chi connectivity index (χ0v) is 20.0. The Morgan fingerprint density at radius 1 is 1.12 bits per heavy atom. The second-order valence-electron chi connectivity index (χ2n) is 8.96. The molecule has 1 unspecified atom stereocenters. The van der Waals surface area contributed by atoms with Gasteiger partial charge in [-0.25, -0.2) is 15.0 Å². The number of pyridine rings is 2. The van der Waals surface area contributed by atoms with Gasteiger partial charge in [-0.05, 0) is 43.4 Å². The van der Waals surface area contributed by atoms with Crippen LogP contribution in [-0.4, -0.2) is 49.8 Å². The number of thiazole rings is 2. The standard InChI is InChI=1S/C23H24N6O2S2/c1-28-6-5-12(8-18(28)31)13-7-17(30)19(24-11-13)20-26-21-22(32-20)27-23(33-21)29(2)16-9-14-3-4-15(10-16)25-14/h5-8,11,14-16,25,30H,3-4,9-10H2,1-2H3/t14-,15+,16?. The summed E-state index contributed by atoms with van der Waals surface area (Å²) in [6.07, 6.45) is 8.25. The summed E-state index contributed by atoms with van der Waals surface area (Å²) in [6, 6.07) is 6.77. The first-order valence-corrected chi connectivity index (χ1v) is 12.7. The second kappa shape index (κ2) is 7.89. The van der Waals surface area contributed by atoms with E-state index in [1.54, 1.807) is 36.8 Å². The lowest BCUT2D eigenvalue weighted by Gasteiger charge is -2.35. The minimum Gasteiger partial charge on any atom is -0.506 e. The third-order valence-corrected chi connectivity index (χ3v) is 8.89. The van der Waals surface area contributed by atoms with Crippen molar-refractivity contribution in [3.63, 3.8) is 0 Å². The zero-order valence-electron chi connectivity index (χ0n) is 18.4. The smallest absolute Gasteiger partial charge is 0.250 e. The highest BCUT2D eigenvalue weighted by atomic mass is 32.1. The van der Waals surface area contributed by atoms with Crippen molar-refractivity contribution in [3.05, 3.63) is 40.9 Å². The van der Waals surface area contributed by atoms with Crippen LogP contribution in [0.5, 0.6) is 5.75 Å². The molecule has 4 aromatic heterocycles. The molecule has 3 atom stereocenters. The maximum atomic E-state index is 11.9. The molecule has 4 aromatic rings. The Hall–Kier alpha value is -2.82. The zero-order chi connectivity index (χ0) is 22.7. The van der Waals surface area contributed by atoms with Gasteiger partial charge in [0.05, 0.1) is 0 Å². The Morgan fingerprint density at radius 2 is 1.88 bits per heavy atom. The molecule has 2 fully saturated rings. The fraction of sp³-hybridized carbons (Fsp3) is 0.391. The number of hydrogen-bond acceptors (Lipinski definition) is 9. The van der Waals surface area contributed by atoms with Crippen molar-refractivity contribution in [3.8, 4) is 27.6 Å². The highest BCUT2D eigenvalue weighted by Gasteiger charge is 2.36. The number of nitrogens with one attached hydrogen (secondary N) is 1. The molecule has 2 saturated heterocycles. The Balaban J connectivity index is 1.25. The molecule has 33 heavy (non-hydrogen) atoms. The lowest BCUT2D eigenvalue weighted by atomic mass is 9.99. The summed E-state index contributed by atoms with van der Waals surface area (Å²) in [5.41, 5.74) is 1.72. The van der Waals surface area contributed by atoms with Crippen molar-refractivity contribution in [2.45, 2.75) is 43.8 Å². The molecule has 6 heterocycles. The molecule has 0 aliphatic carbocycles. The first kappa shape index (κ1) is 20.8. The third-order valence-electron chi connectivity index (χ3n) is 6.77. The lowest BCUT2D eigenvalue weighted by molar-refractivity contribution is 0.354. The first-order chi connectivity index (χ1) is 15.9. The SMILES string of the molecule is CN(c1nc2sc(-c3ncc(-c4ccn(C)c(=O)c4)cc3O)nc2s1)C1C[C@H]2CC[C@@H](C1)N2. The van der Waals surface area contributed by atoms with Crippen molar-refractivity contribution >= 4 is 37.5 Å². The number of nitrogens with zero attached hydrogens (tertiary/aromatic N) is 5. The number of rotatable bonds is 4. The predicted molar refractivity (Wildman–Crippen MR) is 132 cm³/mol. The maximum absolute atomic E-state index is 11.9. The number of aryl methyl sites for hydroxylation is 1. The maximum Gasteiger partial charge on any atom is 0.250 e. The number of piperidine rings is 1. The predicted octanol–water partition coefficient (Wildman–Crippen LogP) is 3.61. The average Bonchev–Trinajstić information content (AvgIpc) is 3.47. The van der Waals surface area contributed by atoms with E-state index in [4.69, 9.17) is 9.97 Å². The van der Waals surface area contributed by atoms with Crippen molar-refractivity contribution in [1.29, 1.82) is 0 Å². The number of fused-ring (bicyclic) bond motifs is 3. The van der Waals surface area contributed by atoms with Crippen LogP contribution in [0.4, 0.5) is 5.13 Å². The van der Waals surface area contributed by atoms with E-state index in [2.05, 4.69) is 22.2 Å². The van der Waals surface area contributed by atoms with Gasteiger partial charge in [-0.2, -0.15) is 0 Å². The molecule has 8 nitrogen and oxygen atoms in total. The minimum atomic E-state index is -0.111. The molecule has 2 aliphatic rings. The number of hydrogen-bond donors (Lipinski definition) is 2. The van der Waals surface area contributed by atoms with E-state index in [0.29, 0.717) is 40.0 Å². The topological polar surface area (TPSA) is 96.2 Å². The molecular weight excluding hydrogens is 456 g/mol. The summed E-state index contributed by atoms with van der Waals surface area (Å²) in [4.78, 5) is 30.0. The molecule has 2 aliphatic heterocycles. The van der Waals surface area contributed by atoms with Gasteiger partial charge in [0.1, 0.15) is 16.5 Å². The molecule has 2 bridgehead atoms. The van der Waals surface area contributed by atoms with E-state index < -0.39 is 0 Å². The summed E-state index contributed by atoms with van der Waals surface area (Å²) < 4.78 is 1.50. The van der Waals surface area contributed by atoms with Crippen molar-refractivity contribution in [2.24, 2.45) is 7.05 Å². The molecule has 0 amide bonds. The second-order valence-corrected chi connectivity index (χ2v) is 10.9. The highest BCUT2D eigenvalue weighted by Crippen LogP contribution is 2.40. The fourth-order valence-corrected chi connectivity index (χ4v) is 6.96. The van der Waals surface area contributed by atoms with Gasteiger partial charge in [0.2, 0.25) is 0 Å². The monoisotopic (exact) mass is 480 g/mol. The van der Waals surface area contributed by atoms with Crippen LogP contribution in [0.25, 0.3) is 31.5 Å². The Bertz CT molecular complexity index is 1370. The Kier molecular flexibility index (Phi) is 4.97. The quantitative estimate of drug-likeness (QED) is 0.461. The first-order valence-electron chi connectivity index (χ1n) is 11.1. The molecule has 2 N–H and O–H groups in total. The lowest BCUT2D eigenvalue weighted by Crippen LogP contribution is -2.47. The van der Waals surface area contributed by atoms with Crippen LogP contribution in [0.1, 0.15) is 25.7 Å². The van der Waals surface area contributed by atoms with Crippen LogP contribution in [0, 0.1) is 0 Å². The summed E-state index contributed by atoms with van der Waals surface area (Å²) in [5, 5.41) is 16.0. The summed E-state index contributed by atoms with van der Waals surface area (Å²) in [7, 11) is 3.84. The molecule has 0 radical (unpaired) electrons. The number of anilines is 1. The molecule has 10 heteroatoms. The number of aromatic hydroxyl groups is 1. The van der Waals surface area contributed by atoms with E-state index in [1.807, 2.05) is 6.07 Å². The van der Waals surface area contributed by atoms with Gasteiger partial charge in [0.15, 0.2) is 14.8 Å². The molecule has 0 aromatic carbocycles. The van der Waals surface area contributed by atoms with Gasteiger partial charge in [-0.15, -0.1) is 0 Å². The Morgan fingerprint density at radius 3 is 2.58 bits per heavy atom. The van der Waals surface area contributed by atoms with Gasteiger partial charge >= 0.3 is 0 Å². The van der Waals surface area contributed by atoms with Gasteiger partial charge in [-0.1, -0.05) is 22.7 Å². The van der Waals surface area contributed by atoms with Crippen molar-refractivity contribution in [1.82, 2.24) is 24.8 Å². The minimum absolute atomic E-state index is 0.0390. The molecule has 6 rings (SSSR count). The summed E-state index contributed by atoms with van der Waals surface area (Å²) in [6.45, 7) is 0. The van der Waals surface area contributed by atoms with Crippen molar-refractivity contribution in [2.75, 3.05) is 11.9 Å². The third kappa shape index (κ3) is 3.71. The highest BCUT2D eigenvalue weighted by molar-refractivity contribution is 7.29. The van der Waals surface area contributed by atoms with E-state index in [9.17, 15) is 9.90 Å². The normalized spacial score (nSPS) is 22.2. The largest absolute Gasteiger partial charge is 0.506 e. The summed E-state index contributed by atoms with van der Waals surface area (Å²) >= 11 is 3.04. The average molecular weight is 481 g/mol. The van der Waals surface area contributed by atoms with Gasteiger partial charge < -0.3 is 19.9 Å². The fourth-order valence-electron chi connectivity index (χ4n) is 4.89. The number of aromatic nitrogens is 4. The summed E-state index contributed by atoms with van der Waals surface area (Å²) in [5.74, 6) is 0.0390. The molecule has 0 spiro atoms. The van der Waals surface area contributed by atoms with Crippen molar-refractivity contribution < 1.29 is 5.11 Å². The van der Waals surface area contributed by atoms with Crippen LogP contribution in [0.15, 0.2) is 35.4 Å². The van der Waals surface area contributed by atoms with Crippen LogP contribution < -0.4 is 15.8 Å². The van der Waals surface area contributed by atoms with Crippen LogP contribution in [0.3, 0.4) is 0 Å². The Labute approximate surface area is 198 Å². The van der Waals surface area contributed by atoms with Crippen LogP contribution in [0.2, 0.25) is 0 Å². The van der Waals surface area contributed by atoms with E-state index >= 15 is 0 Å². The van der Waals surface area contributed by atoms with Gasteiger partial charge in [-0.3, -0.25) is 4.79 Å². The van der Waals surface area contributed by atoms with E-state index in [-0.39, 0.29) is 11.3 Å². The molecular formula is C23H24N6O2S2. The van der Waals surface area contributed by atoms with Gasteiger partial charge in [0.25, 0.3) is 5.56 Å². The van der Waals surface area contributed by atoms with Crippen LogP contribution >= 0.6 is 22.7 Å². The molecule has 0 saturated carbocycles. The van der Waals surface area contributed by atoms with Crippen LogP contribution in [-0.2, 0) is 7.05 Å². The van der Waals surface area contributed by atoms with E-state index in [1.165, 1.54) is 34.8 Å². The van der Waals surface area contributed by atoms with Gasteiger partial charge in [0, 0.05) is 56.2 Å². The molecule has 170 valence electrons.